The van der Waals surface area contributed by atoms with Gasteiger partial charge in [0.25, 0.3) is 0 Å². The Labute approximate surface area is 137 Å². The van der Waals surface area contributed by atoms with Gasteiger partial charge in [-0.3, -0.25) is 4.79 Å². The Kier molecular flexibility index (Phi) is 5.64. The first-order valence-corrected chi connectivity index (χ1v) is 8.58. The monoisotopic (exact) mass is 315 g/mol. The molecule has 1 amide bonds. The third-order valence-electron chi connectivity index (χ3n) is 4.63. The molecule has 1 N–H and O–H groups in total. The minimum atomic E-state index is 0.0610. The summed E-state index contributed by atoms with van der Waals surface area (Å²) in [5.41, 5.74) is 4.88. The first kappa shape index (κ1) is 16.0. The van der Waals surface area contributed by atoms with Crippen molar-refractivity contribution in [3.63, 3.8) is 0 Å². The molecule has 1 aromatic rings. The molecule has 1 aromatic carbocycles. The summed E-state index contributed by atoms with van der Waals surface area (Å²) in [5.74, 6) is 0.204. The van der Waals surface area contributed by atoms with E-state index in [2.05, 4.69) is 27.6 Å². The van der Waals surface area contributed by atoms with Gasteiger partial charge in [-0.25, -0.2) is 5.43 Å². The molecule has 0 radical (unpaired) electrons. The Morgan fingerprint density at radius 3 is 2.52 bits per heavy atom. The average Bonchev–Trinajstić information content (AvgIpc) is 2.64. The highest BCUT2D eigenvalue weighted by Crippen LogP contribution is 2.23. The van der Waals surface area contributed by atoms with Gasteiger partial charge in [0.1, 0.15) is 0 Å². The number of nitrogens with zero attached hydrogens (tertiary/aromatic N) is 2. The predicted octanol–water partition coefficient (Wildman–Crippen LogP) is 2.55. The van der Waals surface area contributed by atoms with Crippen molar-refractivity contribution in [2.75, 3.05) is 31.2 Å². The Balaban J connectivity index is 1.50. The van der Waals surface area contributed by atoms with Crippen LogP contribution in [0.25, 0.3) is 0 Å². The van der Waals surface area contributed by atoms with Crippen molar-refractivity contribution in [1.82, 2.24) is 5.43 Å². The van der Waals surface area contributed by atoms with E-state index in [0.29, 0.717) is 0 Å². The second kappa shape index (κ2) is 8.11. The summed E-state index contributed by atoms with van der Waals surface area (Å²) in [6, 6.07) is 8.24. The Bertz CT molecular complexity index is 530. The zero-order valence-corrected chi connectivity index (χ0v) is 13.5. The van der Waals surface area contributed by atoms with Crippen molar-refractivity contribution in [2.24, 2.45) is 11.0 Å². The predicted molar refractivity (Wildman–Crippen MR) is 91.8 cm³/mol. The number of carbonyl (C=O) groups is 1. The normalized spacial score (nSPS) is 19.9. The van der Waals surface area contributed by atoms with Crippen LogP contribution in [0.1, 0.15) is 37.7 Å². The maximum Gasteiger partial charge on any atom is 0.243 e. The van der Waals surface area contributed by atoms with Crippen molar-refractivity contribution >= 4 is 17.8 Å². The maximum absolute atomic E-state index is 12.0. The molecule has 1 aliphatic carbocycles. The SMILES string of the molecule is O=C(N/N=C\c1ccc(N2CCOCC2)cc1)C1CCCCC1. The molecule has 124 valence electrons. The summed E-state index contributed by atoms with van der Waals surface area (Å²) in [7, 11) is 0. The molecule has 23 heavy (non-hydrogen) atoms. The van der Waals surface area contributed by atoms with Crippen LogP contribution in [0.5, 0.6) is 0 Å². The third kappa shape index (κ3) is 4.55. The lowest BCUT2D eigenvalue weighted by Gasteiger charge is -2.28. The second-order valence-corrected chi connectivity index (χ2v) is 6.26. The van der Waals surface area contributed by atoms with Crippen LogP contribution in [-0.4, -0.2) is 38.4 Å². The van der Waals surface area contributed by atoms with Crippen molar-refractivity contribution in [3.05, 3.63) is 29.8 Å². The standard InChI is InChI=1S/C18H25N3O2/c22-18(16-4-2-1-3-5-16)20-19-14-15-6-8-17(9-7-15)21-10-12-23-13-11-21/h6-9,14,16H,1-5,10-13H2,(H,20,22)/b19-14-. The van der Waals surface area contributed by atoms with Crippen molar-refractivity contribution < 1.29 is 9.53 Å². The van der Waals surface area contributed by atoms with Gasteiger partial charge in [-0.2, -0.15) is 5.10 Å². The van der Waals surface area contributed by atoms with E-state index >= 15 is 0 Å². The smallest absolute Gasteiger partial charge is 0.243 e. The van der Waals surface area contributed by atoms with Crippen LogP contribution in [0.4, 0.5) is 5.69 Å². The molecule has 1 heterocycles. The van der Waals surface area contributed by atoms with Gasteiger partial charge in [-0.1, -0.05) is 31.4 Å². The molecule has 3 rings (SSSR count). The third-order valence-corrected chi connectivity index (χ3v) is 4.63. The van der Waals surface area contributed by atoms with Gasteiger partial charge in [0.2, 0.25) is 5.91 Å². The number of morpholine rings is 1. The number of carbonyl (C=O) groups excluding carboxylic acids is 1. The van der Waals surface area contributed by atoms with Gasteiger partial charge in [0, 0.05) is 24.7 Å². The van der Waals surface area contributed by atoms with E-state index in [1.165, 1.54) is 12.1 Å². The molecular weight excluding hydrogens is 290 g/mol. The minimum Gasteiger partial charge on any atom is -0.378 e. The number of hydrogen-bond donors (Lipinski definition) is 1. The topological polar surface area (TPSA) is 53.9 Å². The summed E-state index contributed by atoms with van der Waals surface area (Å²) >= 11 is 0. The van der Waals surface area contributed by atoms with Gasteiger partial charge >= 0.3 is 0 Å². The van der Waals surface area contributed by atoms with Crippen LogP contribution >= 0.6 is 0 Å². The first-order chi connectivity index (χ1) is 11.3. The van der Waals surface area contributed by atoms with Crippen molar-refractivity contribution in [3.8, 4) is 0 Å². The van der Waals surface area contributed by atoms with E-state index in [-0.39, 0.29) is 11.8 Å². The van der Waals surface area contributed by atoms with Crippen LogP contribution < -0.4 is 10.3 Å². The number of ether oxygens (including phenoxy) is 1. The fraction of sp³-hybridized carbons (Fsp3) is 0.556. The number of anilines is 1. The number of hydrogen-bond acceptors (Lipinski definition) is 4. The quantitative estimate of drug-likeness (QED) is 0.686. The number of rotatable bonds is 4. The van der Waals surface area contributed by atoms with Crippen LogP contribution in [0, 0.1) is 5.92 Å². The van der Waals surface area contributed by atoms with E-state index in [1.54, 1.807) is 6.21 Å². The average molecular weight is 315 g/mol. The molecule has 5 heteroatoms. The lowest BCUT2D eigenvalue weighted by Crippen LogP contribution is -2.36. The zero-order chi connectivity index (χ0) is 15.9. The maximum atomic E-state index is 12.0. The fourth-order valence-corrected chi connectivity index (χ4v) is 3.22. The lowest BCUT2D eigenvalue weighted by atomic mass is 9.89. The molecule has 0 bridgehead atoms. The van der Waals surface area contributed by atoms with Gasteiger partial charge in [0.05, 0.1) is 19.4 Å². The van der Waals surface area contributed by atoms with E-state index in [4.69, 9.17) is 4.74 Å². The molecular formula is C18H25N3O2. The van der Waals surface area contributed by atoms with E-state index in [1.807, 2.05) is 12.1 Å². The van der Waals surface area contributed by atoms with Gasteiger partial charge in [-0.15, -0.1) is 0 Å². The highest BCUT2D eigenvalue weighted by Gasteiger charge is 2.20. The Morgan fingerprint density at radius 1 is 1.13 bits per heavy atom. The number of amides is 1. The lowest BCUT2D eigenvalue weighted by molar-refractivity contribution is -0.125. The highest BCUT2D eigenvalue weighted by molar-refractivity contribution is 5.83. The molecule has 2 fully saturated rings. The minimum absolute atomic E-state index is 0.0610. The van der Waals surface area contributed by atoms with Crippen LogP contribution in [0.15, 0.2) is 29.4 Å². The molecule has 1 saturated heterocycles. The van der Waals surface area contributed by atoms with Gasteiger partial charge < -0.3 is 9.64 Å². The number of hydrazone groups is 1. The van der Waals surface area contributed by atoms with E-state index in [9.17, 15) is 4.79 Å². The first-order valence-electron chi connectivity index (χ1n) is 8.58. The summed E-state index contributed by atoms with van der Waals surface area (Å²) < 4.78 is 5.37. The fourth-order valence-electron chi connectivity index (χ4n) is 3.22. The molecule has 2 aliphatic rings. The summed E-state index contributed by atoms with van der Waals surface area (Å²) in [4.78, 5) is 14.3. The van der Waals surface area contributed by atoms with Gasteiger partial charge in [0.15, 0.2) is 0 Å². The van der Waals surface area contributed by atoms with Gasteiger partial charge in [-0.05, 0) is 30.5 Å². The van der Waals surface area contributed by atoms with Crippen LogP contribution in [0.3, 0.4) is 0 Å². The number of benzene rings is 1. The molecule has 0 spiro atoms. The molecule has 0 unspecified atom stereocenters. The molecule has 0 atom stereocenters. The highest BCUT2D eigenvalue weighted by atomic mass is 16.5. The largest absolute Gasteiger partial charge is 0.378 e. The van der Waals surface area contributed by atoms with E-state index in [0.717, 1.165) is 57.6 Å². The summed E-state index contributed by atoms with van der Waals surface area (Å²) in [6.07, 6.45) is 7.27. The number of nitrogens with one attached hydrogen (secondary N) is 1. The summed E-state index contributed by atoms with van der Waals surface area (Å²) in [6.45, 7) is 3.45. The summed E-state index contributed by atoms with van der Waals surface area (Å²) in [5, 5.41) is 4.10. The zero-order valence-electron chi connectivity index (χ0n) is 13.5. The second-order valence-electron chi connectivity index (χ2n) is 6.26. The Morgan fingerprint density at radius 2 is 1.83 bits per heavy atom. The molecule has 1 aliphatic heterocycles. The van der Waals surface area contributed by atoms with E-state index < -0.39 is 0 Å². The Hall–Kier alpha value is -1.88. The molecule has 1 saturated carbocycles. The molecule has 5 nitrogen and oxygen atoms in total. The van der Waals surface area contributed by atoms with Crippen molar-refractivity contribution in [1.29, 1.82) is 0 Å². The van der Waals surface area contributed by atoms with Crippen molar-refractivity contribution in [2.45, 2.75) is 32.1 Å². The van der Waals surface area contributed by atoms with Crippen LogP contribution in [-0.2, 0) is 9.53 Å². The molecule has 0 aromatic heterocycles. The van der Waals surface area contributed by atoms with Crippen LogP contribution in [0.2, 0.25) is 0 Å².